The molecule has 0 aliphatic rings. The molecule has 1 N–H and O–H groups in total. The number of nitrogens with zero attached hydrogens (tertiary/aromatic N) is 1. The van der Waals surface area contributed by atoms with Gasteiger partial charge < -0.3 is 10.1 Å². The van der Waals surface area contributed by atoms with Crippen LogP contribution in [-0.4, -0.2) is 39.8 Å². The zero-order valence-electron chi connectivity index (χ0n) is 17.8. The number of rotatable bonds is 10. The molecule has 0 heterocycles. The molecule has 0 bridgehead atoms. The van der Waals surface area contributed by atoms with E-state index in [-0.39, 0.29) is 13.2 Å². The van der Waals surface area contributed by atoms with Gasteiger partial charge in [0.25, 0.3) is 0 Å². The first-order valence-corrected chi connectivity index (χ1v) is 12.1. The van der Waals surface area contributed by atoms with Crippen LogP contribution in [0.5, 0.6) is 5.75 Å². The highest BCUT2D eigenvalue weighted by Crippen LogP contribution is 2.28. The molecule has 2 aromatic rings. The molecule has 0 aliphatic carbocycles. The van der Waals surface area contributed by atoms with Crippen LogP contribution in [0.3, 0.4) is 0 Å². The number of carbonyl (C=O) groups excluding carboxylic acids is 1. The molecule has 0 saturated carbocycles. The fourth-order valence-electron chi connectivity index (χ4n) is 3.13. The van der Waals surface area contributed by atoms with Gasteiger partial charge in [-0.25, -0.2) is 8.42 Å². The minimum absolute atomic E-state index is 0.256. The molecule has 0 fully saturated rings. The molecule has 2 rings (SSSR count). The Bertz CT molecular complexity index is 962. The third kappa shape index (κ3) is 6.64. The monoisotopic (exact) mass is 452 g/mol. The average Bonchev–Trinajstić information content (AvgIpc) is 2.68. The van der Waals surface area contributed by atoms with Gasteiger partial charge in [-0.2, -0.15) is 0 Å². The minimum Gasteiger partial charge on any atom is -0.492 e. The molecule has 2 aromatic carbocycles. The fraction of sp³-hybridized carbons (Fsp3) is 0.409. The number of nitrogens with one attached hydrogen (secondary N) is 1. The van der Waals surface area contributed by atoms with E-state index in [1.54, 1.807) is 32.0 Å². The predicted molar refractivity (Wildman–Crippen MR) is 122 cm³/mol. The van der Waals surface area contributed by atoms with Crippen molar-refractivity contribution < 1.29 is 17.9 Å². The van der Waals surface area contributed by atoms with Crippen molar-refractivity contribution in [3.05, 3.63) is 58.6 Å². The summed E-state index contributed by atoms with van der Waals surface area (Å²) in [6.45, 7) is 5.98. The molecule has 0 unspecified atom stereocenters. The highest BCUT2D eigenvalue weighted by atomic mass is 35.5. The molecule has 30 heavy (non-hydrogen) atoms. The molecule has 6 nitrogen and oxygen atoms in total. The first kappa shape index (κ1) is 24.0. The summed E-state index contributed by atoms with van der Waals surface area (Å²) in [4.78, 5) is 12.6. The van der Waals surface area contributed by atoms with Crippen molar-refractivity contribution in [3.63, 3.8) is 0 Å². The molecular formula is C22H29ClN2O4S. The van der Waals surface area contributed by atoms with Crippen molar-refractivity contribution >= 4 is 33.2 Å². The van der Waals surface area contributed by atoms with Crippen molar-refractivity contribution in [2.75, 3.05) is 23.7 Å². The number of carbonyl (C=O) groups is 1. The number of aryl methyl sites for hydroxylation is 2. The summed E-state index contributed by atoms with van der Waals surface area (Å²) < 4.78 is 31.6. The predicted octanol–water partition coefficient (Wildman–Crippen LogP) is 3.95. The molecule has 0 aliphatic heterocycles. The third-order valence-electron chi connectivity index (χ3n) is 4.63. The second-order valence-corrected chi connectivity index (χ2v) is 9.49. The lowest BCUT2D eigenvalue weighted by Gasteiger charge is -2.29. The number of ether oxygens (including phenoxy) is 1. The van der Waals surface area contributed by atoms with E-state index in [0.29, 0.717) is 16.3 Å². The zero-order valence-corrected chi connectivity index (χ0v) is 19.4. The largest absolute Gasteiger partial charge is 0.492 e. The van der Waals surface area contributed by atoms with E-state index in [1.165, 1.54) is 5.56 Å². The Hall–Kier alpha value is -2.25. The number of halogens is 1. The van der Waals surface area contributed by atoms with E-state index in [9.17, 15) is 13.2 Å². The Balaban J connectivity index is 1.98. The number of benzene rings is 2. The lowest BCUT2D eigenvalue weighted by atomic mass is 10.1. The number of anilines is 1. The average molecular weight is 453 g/mol. The topological polar surface area (TPSA) is 75.7 Å². The normalized spacial score (nSPS) is 12.3. The molecule has 0 saturated heterocycles. The van der Waals surface area contributed by atoms with Crippen molar-refractivity contribution in [1.29, 1.82) is 0 Å². The van der Waals surface area contributed by atoms with Gasteiger partial charge in [0.05, 0.1) is 18.5 Å². The van der Waals surface area contributed by atoms with Gasteiger partial charge in [-0.3, -0.25) is 9.10 Å². The summed E-state index contributed by atoms with van der Waals surface area (Å²) in [5.41, 5.74) is 2.35. The summed E-state index contributed by atoms with van der Waals surface area (Å²) in [6.07, 6.45) is 3.18. The first-order chi connectivity index (χ1) is 14.1. The number of amides is 1. The molecule has 1 atom stereocenters. The van der Waals surface area contributed by atoms with Crippen LogP contribution in [0.1, 0.15) is 31.4 Å². The molecular weight excluding hydrogens is 424 g/mol. The summed E-state index contributed by atoms with van der Waals surface area (Å²) in [6, 6.07) is 11.9. The van der Waals surface area contributed by atoms with Gasteiger partial charge in [0.1, 0.15) is 18.4 Å². The second-order valence-electron chi connectivity index (χ2n) is 7.20. The maximum Gasteiger partial charge on any atom is 0.243 e. The highest BCUT2D eigenvalue weighted by Gasteiger charge is 2.30. The first-order valence-electron chi connectivity index (χ1n) is 9.88. The molecule has 0 radical (unpaired) electrons. The molecule has 0 aromatic heterocycles. The smallest absolute Gasteiger partial charge is 0.243 e. The highest BCUT2D eigenvalue weighted by molar-refractivity contribution is 7.92. The zero-order chi connectivity index (χ0) is 22.3. The van der Waals surface area contributed by atoms with Crippen molar-refractivity contribution in [3.8, 4) is 5.75 Å². The van der Waals surface area contributed by atoms with Crippen LogP contribution < -0.4 is 14.4 Å². The van der Waals surface area contributed by atoms with E-state index >= 15 is 0 Å². The standard InChI is InChI=1S/C22H29ClN2O4S/c1-5-6-18-8-11-20(12-9-18)29-14-13-24-22(26)17(3)25(30(4,27)28)21-15-19(23)10-7-16(21)2/h7-12,15,17H,5-6,13-14H2,1-4H3,(H,24,26)/t17-/m0/s1. The quantitative estimate of drug-likeness (QED) is 0.554. The summed E-state index contributed by atoms with van der Waals surface area (Å²) in [5, 5.41) is 3.14. The van der Waals surface area contributed by atoms with Gasteiger partial charge in [-0.1, -0.05) is 43.1 Å². The van der Waals surface area contributed by atoms with Crippen molar-refractivity contribution in [2.45, 2.75) is 39.7 Å². The summed E-state index contributed by atoms with van der Waals surface area (Å²) in [5.74, 6) is 0.311. The van der Waals surface area contributed by atoms with Crippen LogP contribution in [0.4, 0.5) is 5.69 Å². The van der Waals surface area contributed by atoms with E-state index in [1.807, 2.05) is 24.3 Å². The van der Waals surface area contributed by atoms with E-state index in [4.69, 9.17) is 16.3 Å². The number of sulfonamides is 1. The summed E-state index contributed by atoms with van der Waals surface area (Å²) in [7, 11) is -3.70. The minimum atomic E-state index is -3.70. The van der Waals surface area contributed by atoms with Crippen LogP contribution in [0, 0.1) is 6.92 Å². The van der Waals surface area contributed by atoms with Gasteiger partial charge in [-0.05, 0) is 55.7 Å². The number of hydrogen-bond donors (Lipinski definition) is 1. The lowest BCUT2D eigenvalue weighted by molar-refractivity contribution is -0.121. The van der Waals surface area contributed by atoms with Gasteiger partial charge in [0, 0.05) is 5.02 Å². The Labute approximate surface area is 184 Å². The number of hydrogen-bond acceptors (Lipinski definition) is 4. The lowest BCUT2D eigenvalue weighted by Crippen LogP contribution is -2.48. The van der Waals surface area contributed by atoms with Crippen molar-refractivity contribution in [1.82, 2.24) is 5.32 Å². The van der Waals surface area contributed by atoms with Crippen LogP contribution in [-0.2, 0) is 21.2 Å². The Morgan fingerprint density at radius 3 is 2.47 bits per heavy atom. The second kappa shape index (κ2) is 10.7. The van der Waals surface area contributed by atoms with Crippen LogP contribution in [0.25, 0.3) is 0 Å². The van der Waals surface area contributed by atoms with Gasteiger partial charge in [0.15, 0.2) is 0 Å². The molecule has 0 spiro atoms. The van der Waals surface area contributed by atoms with Crippen LogP contribution >= 0.6 is 11.6 Å². The maximum absolute atomic E-state index is 12.6. The molecule has 8 heteroatoms. The maximum atomic E-state index is 12.6. The Kier molecular flexibility index (Phi) is 8.55. The summed E-state index contributed by atoms with van der Waals surface area (Å²) >= 11 is 6.04. The van der Waals surface area contributed by atoms with Gasteiger partial charge in [-0.15, -0.1) is 0 Å². The Morgan fingerprint density at radius 1 is 1.20 bits per heavy atom. The van der Waals surface area contributed by atoms with Crippen molar-refractivity contribution in [2.24, 2.45) is 0 Å². The SMILES string of the molecule is CCCc1ccc(OCCNC(=O)[C@H](C)N(c2cc(Cl)ccc2C)S(C)(=O)=O)cc1. The van der Waals surface area contributed by atoms with E-state index < -0.39 is 22.0 Å². The van der Waals surface area contributed by atoms with Crippen LogP contribution in [0.2, 0.25) is 5.02 Å². The molecule has 164 valence electrons. The van der Waals surface area contributed by atoms with E-state index in [2.05, 4.69) is 12.2 Å². The van der Waals surface area contributed by atoms with E-state index in [0.717, 1.165) is 29.2 Å². The van der Waals surface area contributed by atoms with Crippen LogP contribution in [0.15, 0.2) is 42.5 Å². The third-order valence-corrected chi connectivity index (χ3v) is 6.09. The fourth-order valence-corrected chi connectivity index (χ4v) is 4.52. The van der Waals surface area contributed by atoms with Gasteiger partial charge >= 0.3 is 0 Å². The van der Waals surface area contributed by atoms with Gasteiger partial charge in [0.2, 0.25) is 15.9 Å². The molecule has 1 amide bonds. The Morgan fingerprint density at radius 2 is 1.87 bits per heavy atom.